The second-order valence-corrected chi connectivity index (χ2v) is 7.32. The summed E-state index contributed by atoms with van der Waals surface area (Å²) in [6.07, 6.45) is 8.50. The van der Waals surface area contributed by atoms with Crippen LogP contribution in [0.15, 0.2) is 11.8 Å². The predicted octanol–water partition coefficient (Wildman–Crippen LogP) is 5.47. The molecule has 0 aromatic heterocycles. The van der Waals surface area contributed by atoms with Crippen molar-refractivity contribution in [3.05, 3.63) is 11.8 Å². The topological polar surface area (TPSA) is 26.3 Å². The van der Waals surface area contributed by atoms with Gasteiger partial charge in [-0.25, -0.2) is 4.39 Å². The van der Waals surface area contributed by atoms with Gasteiger partial charge in [0.05, 0.1) is 7.11 Å². The van der Waals surface area contributed by atoms with Gasteiger partial charge in [0.15, 0.2) is 5.78 Å². The molecule has 128 valence electrons. The Kier molecular flexibility index (Phi) is 7.58. The van der Waals surface area contributed by atoms with Crippen LogP contribution in [0.5, 0.6) is 0 Å². The van der Waals surface area contributed by atoms with E-state index in [2.05, 4.69) is 6.92 Å². The van der Waals surface area contributed by atoms with Crippen molar-refractivity contribution in [1.29, 1.82) is 0 Å². The Labute approximate surface area is 135 Å². The zero-order chi connectivity index (χ0) is 16.8. The third-order valence-electron chi connectivity index (χ3n) is 4.88. The Bertz CT molecular complexity index is 377. The van der Waals surface area contributed by atoms with E-state index in [0.717, 1.165) is 25.2 Å². The normalized spacial score (nSPS) is 19.5. The Morgan fingerprint density at radius 1 is 1.27 bits per heavy atom. The fourth-order valence-electron chi connectivity index (χ4n) is 3.25. The average Bonchev–Trinajstić information content (AvgIpc) is 2.40. The average molecular weight is 312 g/mol. The fraction of sp³-hybridized carbons (Fsp3) is 0.842. The maximum atomic E-state index is 13.9. The summed E-state index contributed by atoms with van der Waals surface area (Å²) in [7, 11) is 1.58. The highest BCUT2D eigenvalue weighted by Gasteiger charge is 2.28. The fourth-order valence-corrected chi connectivity index (χ4v) is 3.25. The van der Waals surface area contributed by atoms with Gasteiger partial charge in [-0.15, -0.1) is 0 Å². The van der Waals surface area contributed by atoms with Gasteiger partial charge < -0.3 is 4.74 Å². The van der Waals surface area contributed by atoms with Gasteiger partial charge in [-0.2, -0.15) is 0 Å². The number of alkyl halides is 1. The molecular weight excluding hydrogens is 279 g/mol. The van der Waals surface area contributed by atoms with Gasteiger partial charge in [-0.1, -0.05) is 33.1 Å². The van der Waals surface area contributed by atoms with E-state index >= 15 is 0 Å². The van der Waals surface area contributed by atoms with Crippen molar-refractivity contribution < 1.29 is 13.9 Å². The van der Waals surface area contributed by atoms with Crippen LogP contribution in [0.25, 0.3) is 0 Å². The summed E-state index contributed by atoms with van der Waals surface area (Å²) in [6.45, 7) is 7.25. The monoisotopic (exact) mass is 312 g/mol. The minimum atomic E-state index is -1.25. The molecule has 1 rings (SSSR count). The third kappa shape index (κ3) is 6.10. The lowest BCUT2D eigenvalue weighted by Gasteiger charge is -2.28. The van der Waals surface area contributed by atoms with Gasteiger partial charge in [-0.3, -0.25) is 4.79 Å². The molecule has 0 heterocycles. The van der Waals surface area contributed by atoms with Gasteiger partial charge in [0.2, 0.25) is 0 Å². The molecule has 0 N–H and O–H groups in total. The lowest BCUT2D eigenvalue weighted by Crippen LogP contribution is -2.23. The highest BCUT2D eigenvalue weighted by atomic mass is 19.1. The summed E-state index contributed by atoms with van der Waals surface area (Å²) in [5.41, 5.74) is -1.25. The van der Waals surface area contributed by atoms with E-state index in [1.807, 2.05) is 6.92 Å². The first-order chi connectivity index (χ1) is 10.3. The number of carbonyl (C=O) groups is 1. The Morgan fingerprint density at radius 2 is 1.86 bits per heavy atom. The molecule has 22 heavy (non-hydrogen) atoms. The molecule has 2 atom stereocenters. The summed E-state index contributed by atoms with van der Waals surface area (Å²) in [4.78, 5) is 12.6. The second kappa shape index (κ2) is 8.69. The molecule has 0 aromatic carbocycles. The van der Waals surface area contributed by atoms with Gasteiger partial charge in [0, 0.05) is 17.9 Å². The standard InChI is InChI=1S/C19H33FO2/c1-6-15(11-14-9-8-10-14)17(21)12-18(22-5)16(7-2)13-19(3,4)20/h12,14-16H,6-11,13H2,1-5H3/b18-12-. The van der Waals surface area contributed by atoms with Crippen LogP contribution in [-0.2, 0) is 9.53 Å². The molecule has 1 fully saturated rings. The van der Waals surface area contributed by atoms with Crippen molar-refractivity contribution in [2.45, 2.75) is 78.3 Å². The van der Waals surface area contributed by atoms with Crippen LogP contribution in [0.3, 0.4) is 0 Å². The summed E-state index contributed by atoms with van der Waals surface area (Å²) < 4.78 is 19.4. The number of hydrogen-bond donors (Lipinski definition) is 0. The van der Waals surface area contributed by atoms with Crippen LogP contribution >= 0.6 is 0 Å². The molecule has 0 spiro atoms. The minimum absolute atomic E-state index is 0.0323. The summed E-state index contributed by atoms with van der Waals surface area (Å²) in [5.74, 6) is 1.58. The smallest absolute Gasteiger partial charge is 0.162 e. The first kappa shape index (κ1) is 19.2. The number of carbonyl (C=O) groups excluding carboxylic acids is 1. The van der Waals surface area contributed by atoms with Gasteiger partial charge in [0.1, 0.15) is 11.4 Å². The molecule has 0 saturated heterocycles. The van der Waals surface area contributed by atoms with Crippen LogP contribution in [0.2, 0.25) is 0 Å². The molecule has 0 bridgehead atoms. The van der Waals surface area contributed by atoms with Crippen molar-refractivity contribution in [3.8, 4) is 0 Å². The van der Waals surface area contributed by atoms with Crippen LogP contribution < -0.4 is 0 Å². The molecule has 0 aliphatic heterocycles. The van der Waals surface area contributed by atoms with E-state index in [4.69, 9.17) is 4.74 Å². The van der Waals surface area contributed by atoms with Crippen LogP contribution in [-0.4, -0.2) is 18.6 Å². The number of allylic oxidation sites excluding steroid dienone is 2. The highest BCUT2D eigenvalue weighted by Crippen LogP contribution is 2.34. The molecule has 0 aromatic rings. The molecule has 1 aliphatic carbocycles. The number of ether oxygens (including phenoxy) is 1. The maximum Gasteiger partial charge on any atom is 0.162 e. The van der Waals surface area contributed by atoms with Crippen LogP contribution in [0.1, 0.15) is 72.6 Å². The second-order valence-electron chi connectivity index (χ2n) is 7.32. The van der Waals surface area contributed by atoms with E-state index in [9.17, 15) is 9.18 Å². The molecule has 1 aliphatic rings. The van der Waals surface area contributed by atoms with Gasteiger partial charge >= 0.3 is 0 Å². The van der Waals surface area contributed by atoms with Crippen molar-refractivity contribution >= 4 is 5.78 Å². The number of methoxy groups -OCH3 is 1. The zero-order valence-corrected chi connectivity index (χ0v) is 15.0. The molecule has 2 unspecified atom stereocenters. The van der Waals surface area contributed by atoms with E-state index in [1.165, 1.54) is 19.3 Å². The van der Waals surface area contributed by atoms with Crippen molar-refractivity contribution in [2.24, 2.45) is 17.8 Å². The van der Waals surface area contributed by atoms with Crippen molar-refractivity contribution in [2.75, 3.05) is 7.11 Å². The highest BCUT2D eigenvalue weighted by molar-refractivity contribution is 5.92. The first-order valence-corrected chi connectivity index (χ1v) is 8.79. The van der Waals surface area contributed by atoms with E-state index in [-0.39, 0.29) is 17.6 Å². The van der Waals surface area contributed by atoms with Crippen molar-refractivity contribution in [1.82, 2.24) is 0 Å². The largest absolute Gasteiger partial charge is 0.501 e. The first-order valence-electron chi connectivity index (χ1n) is 8.79. The Hall–Kier alpha value is -0.860. The third-order valence-corrected chi connectivity index (χ3v) is 4.88. The molecule has 0 amide bonds. The maximum absolute atomic E-state index is 13.9. The number of hydrogen-bond acceptors (Lipinski definition) is 2. The van der Waals surface area contributed by atoms with E-state index in [0.29, 0.717) is 12.2 Å². The molecule has 3 heteroatoms. The van der Waals surface area contributed by atoms with Gasteiger partial charge in [0.25, 0.3) is 0 Å². The molecule has 0 radical (unpaired) electrons. The van der Waals surface area contributed by atoms with Crippen LogP contribution in [0, 0.1) is 17.8 Å². The zero-order valence-electron chi connectivity index (χ0n) is 15.0. The number of rotatable bonds is 10. The summed E-state index contributed by atoms with van der Waals surface area (Å²) in [6, 6.07) is 0. The minimum Gasteiger partial charge on any atom is -0.501 e. The van der Waals surface area contributed by atoms with E-state index in [1.54, 1.807) is 27.0 Å². The van der Waals surface area contributed by atoms with E-state index < -0.39 is 5.67 Å². The Morgan fingerprint density at radius 3 is 2.23 bits per heavy atom. The van der Waals surface area contributed by atoms with Crippen molar-refractivity contribution in [3.63, 3.8) is 0 Å². The SMILES string of the molecule is CCC(CC1CCC1)C(=O)/C=C(\OC)C(CC)CC(C)(C)F. The predicted molar refractivity (Wildman–Crippen MR) is 89.4 cm³/mol. The molecule has 2 nitrogen and oxygen atoms in total. The quantitative estimate of drug-likeness (QED) is 0.395. The number of ketones is 1. The molecule has 1 saturated carbocycles. The lowest BCUT2D eigenvalue weighted by atomic mass is 9.77. The Balaban J connectivity index is 2.75. The number of halogens is 1. The lowest BCUT2D eigenvalue weighted by molar-refractivity contribution is -0.119. The van der Waals surface area contributed by atoms with Crippen LogP contribution in [0.4, 0.5) is 4.39 Å². The molecular formula is C19H33FO2. The summed E-state index contributed by atoms with van der Waals surface area (Å²) >= 11 is 0. The summed E-state index contributed by atoms with van der Waals surface area (Å²) in [5, 5.41) is 0. The van der Waals surface area contributed by atoms with Gasteiger partial charge in [-0.05, 0) is 45.4 Å².